The van der Waals surface area contributed by atoms with E-state index in [2.05, 4.69) is 6.07 Å². The molecular formula is C13H11NOS. The maximum absolute atomic E-state index is 12.1. The Morgan fingerprint density at radius 3 is 2.38 bits per heavy atom. The van der Waals surface area contributed by atoms with E-state index in [1.807, 2.05) is 24.6 Å². The number of fused-ring (bicyclic) bond motifs is 1. The van der Waals surface area contributed by atoms with Crippen molar-refractivity contribution in [3.8, 4) is 6.07 Å². The number of thiophene rings is 1. The highest BCUT2D eigenvalue weighted by Gasteiger charge is 2.32. The SMILES string of the molecule is CC(C)=C1C(=O)c2cscc2/C1=C(/C)C#N. The van der Waals surface area contributed by atoms with Crippen LogP contribution in [0.15, 0.2) is 27.5 Å². The van der Waals surface area contributed by atoms with E-state index in [-0.39, 0.29) is 5.78 Å². The fourth-order valence-corrected chi connectivity index (χ4v) is 2.79. The van der Waals surface area contributed by atoms with E-state index < -0.39 is 0 Å². The maximum Gasteiger partial charge on any atom is 0.195 e. The zero-order valence-corrected chi connectivity index (χ0v) is 10.2. The summed E-state index contributed by atoms with van der Waals surface area (Å²) in [6.07, 6.45) is 0. The molecule has 0 radical (unpaired) electrons. The monoisotopic (exact) mass is 229 g/mol. The number of nitrogens with zero attached hydrogens (tertiary/aromatic N) is 1. The average Bonchev–Trinajstić information content (AvgIpc) is 2.79. The molecule has 2 rings (SSSR count). The largest absolute Gasteiger partial charge is 0.289 e. The Bertz CT molecular complexity index is 577. The fourth-order valence-electron chi connectivity index (χ4n) is 1.97. The van der Waals surface area contributed by atoms with Crippen molar-refractivity contribution in [3.63, 3.8) is 0 Å². The summed E-state index contributed by atoms with van der Waals surface area (Å²) in [5.41, 5.74) is 4.77. The van der Waals surface area contributed by atoms with Gasteiger partial charge in [0.15, 0.2) is 5.78 Å². The van der Waals surface area contributed by atoms with Gasteiger partial charge in [-0.3, -0.25) is 4.79 Å². The number of carbonyl (C=O) groups excluding carboxylic acids is 1. The standard InChI is InChI=1S/C13H11NOS/c1-7(2)11-12(8(3)4-14)9-5-16-6-10(9)13(11)15/h5-6H,1-3H3/b12-8+. The van der Waals surface area contributed by atoms with Crippen LogP contribution >= 0.6 is 11.3 Å². The molecule has 3 heteroatoms. The van der Waals surface area contributed by atoms with E-state index in [1.165, 1.54) is 11.3 Å². The molecule has 0 amide bonds. The molecule has 0 bridgehead atoms. The number of carbonyl (C=O) groups is 1. The van der Waals surface area contributed by atoms with E-state index in [4.69, 9.17) is 5.26 Å². The van der Waals surface area contributed by atoms with Crippen molar-refractivity contribution in [2.75, 3.05) is 0 Å². The molecule has 0 atom stereocenters. The van der Waals surface area contributed by atoms with Crippen LogP contribution < -0.4 is 0 Å². The molecular weight excluding hydrogens is 218 g/mol. The van der Waals surface area contributed by atoms with Gasteiger partial charge in [0.1, 0.15) is 0 Å². The average molecular weight is 229 g/mol. The first-order valence-corrected chi connectivity index (χ1v) is 5.92. The van der Waals surface area contributed by atoms with Crippen LogP contribution in [0.25, 0.3) is 5.57 Å². The summed E-state index contributed by atoms with van der Waals surface area (Å²) in [7, 11) is 0. The number of ketones is 1. The lowest BCUT2D eigenvalue weighted by Crippen LogP contribution is -1.97. The minimum absolute atomic E-state index is 0.0563. The minimum atomic E-state index is 0.0563. The van der Waals surface area contributed by atoms with Crippen molar-refractivity contribution in [2.24, 2.45) is 0 Å². The van der Waals surface area contributed by atoms with Crippen LogP contribution in [0.3, 0.4) is 0 Å². The van der Waals surface area contributed by atoms with Crippen LogP contribution in [0, 0.1) is 11.3 Å². The van der Waals surface area contributed by atoms with Crippen LogP contribution in [0.4, 0.5) is 0 Å². The van der Waals surface area contributed by atoms with Gasteiger partial charge in [0.25, 0.3) is 0 Å². The molecule has 0 saturated heterocycles. The van der Waals surface area contributed by atoms with Crippen LogP contribution in [-0.4, -0.2) is 5.78 Å². The second kappa shape index (κ2) is 3.73. The quantitative estimate of drug-likeness (QED) is 0.504. The Hall–Kier alpha value is -1.66. The Balaban J connectivity index is 2.83. The van der Waals surface area contributed by atoms with E-state index >= 15 is 0 Å². The lowest BCUT2D eigenvalue weighted by Gasteiger charge is -2.04. The molecule has 0 aromatic carbocycles. The van der Waals surface area contributed by atoms with E-state index in [1.54, 1.807) is 6.92 Å². The van der Waals surface area contributed by atoms with Gasteiger partial charge in [0.2, 0.25) is 0 Å². The van der Waals surface area contributed by atoms with Crippen molar-refractivity contribution in [1.82, 2.24) is 0 Å². The summed E-state index contributed by atoms with van der Waals surface area (Å²) in [5.74, 6) is 0.0563. The van der Waals surface area contributed by atoms with Crippen molar-refractivity contribution in [3.05, 3.63) is 38.6 Å². The Kier molecular flexibility index (Phi) is 2.53. The molecule has 0 fully saturated rings. The molecule has 1 aromatic heterocycles. The van der Waals surface area contributed by atoms with Crippen molar-refractivity contribution in [1.29, 1.82) is 5.26 Å². The first-order valence-electron chi connectivity index (χ1n) is 4.98. The third-order valence-corrected chi connectivity index (χ3v) is 3.44. The summed E-state index contributed by atoms with van der Waals surface area (Å²) < 4.78 is 0. The van der Waals surface area contributed by atoms with Gasteiger partial charge in [-0.2, -0.15) is 16.6 Å². The van der Waals surface area contributed by atoms with Gasteiger partial charge in [0.05, 0.1) is 6.07 Å². The predicted octanol–water partition coefficient (Wildman–Crippen LogP) is 3.58. The normalized spacial score (nSPS) is 17.1. The lowest BCUT2D eigenvalue weighted by molar-refractivity contribution is 0.104. The van der Waals surface area contributed by atoms with Crippen LogP contribution in [0.5, 0.6) is 0 Å². The molecule has 1 aromatic rings. The third kappa shape index (κ3) is 1.35. The summed E-state index contributed by atoms with van der Waals surface area (Å²) in [6, 6.07) is 2.14. The molecule has 0 saturated carbocycles. The van der Waals surface area contributed by atoms with Crippen molar-refractivity contribution < 1.29 is 4.79 Å². The van der Waals surface area contributed by atoms with Gasteiger partial charge in [0, 0.05) is 33.2 Å². The smallest absolute Gasteiger partial charge is 0.195 e. The first-order chi connectivity index (χ1) is 7.57. The zero-order valence-electron chi connectivity index (χ0n) is 9.42. The lowest BCUT2D eigenvalue weighted by atomic mass is 9.98. The molecule has 0 spiro atoms. The van der Waals surface area contributed by atoms with Gasteiger partial charge in [-0.15, -0.1) is 0 Å². The van der Waals surface area contributed by atoms with Crippen molar-refractivity contribution in [2.45, 2.75) is 20.8 Å². The topological polar surface area (TPSA) is 40.9 Å². The van der Waals surface area contributed by atoms with Crippen LogP contribution in [0.1, 0.15) is 36.7 Å². The zero-order chi connectivity index (χ0) is 11.9. The number of hydrogen-bond donors (Lipinski definition) is 0. The second-order valence-electron chi connectivity index (χ2n) is 4.02. The number of nitriles is 1. The Labute approximate surface area is 98.5 Å². The van der Waals surface area contributed by atoms with E-state index in [9.17, 15) is 4.79 Å². The number of Topliss-reactive ketones (excluding diaryl/α,β-unsaturated/α-hetero) is 1. The minimum Gasteiger partial charge on any atom is -0.289 e. The van der Waals surface area contributed by atoms with Gasteiger partial charge in [-0.25, -0.2) is 0 Å². The summed E-state index contributed by atoms with van der Waals surface area (Å²) in [5, 5.41) is 12.8. The Morgan fingerprint density at radius 1 is 1.19 bits per heavy atom. The number of allylic oxidation sites excluding steroid dienone is 4. The molecule has 80 valence electrons. The van der Waals surface area contributed by atoms with Crippen molar-refractivity contribution >= 4 is 22.7 Å². The molecule has 16 heavy (non-hydrogen) atoms. The van der Waals surface area contributed by atoms with Crippen LogP contribution in [0.2, 0.25) is 0 Å². The van der Waals surface area contributed by atoms with Gasteiger partial charge in [-0.1, -0.05) is 5.57 Å². The summed E-state index contributed by atoms with van der Waals surface area (Å²) in [6.45, 7) is 5.58. The third-order valence-electron chi connectivity index (χ3n) is 2.70. The first kappa shape index (κ1) is 10.8. The van der Waals surface area contributed by atoms with Gasteiger partial charge < -0.3 is 0 Å². The number of rotatable bonds is 0. The molecule has 0 aliphatic heterocycles. The molecule has 2 nitrogen and oxygen atoms in total. The summed E-state index contributed by atoms with van der Waals surface area (Å²) >= 11 is 1.50. The molecule has 0 N–H and O–H groups in total. The summed E-state index contributed by atoms with van der Waals surface area (Å²) in [4.78, 5) is 12.1. The molecule has 1 heterocycles. The highest BCUT2D eigenvalue weighted by atomic mass is 32.1. The highest BCUT2D eigenvalue weighted by Crippen LogP contribution is 2.41. The molecule has 1 aliphatic carbocycles. The van der Waals surface area contributed by atoms with Gasteiger partial charge in [-0.05, 0) is 26.2 Å². The maximum atomic E-state index is 12.1. The predicted molar refractivity (Wildman–Crippen MR) is 65.2 cm³/mol. The molecule has 1 aliphatic rings. The van der Waals surface area contributed by atoms with Crippen LogP contribution in [-0.2, 0) is 0 Å². The Morgan fingerprint density at radius 2 is 1.81 bits per heavy atom. The van der Waals surface area contributed by atoms with E-state index in [0.717, 1.165) is 22.3 Å². The number of hydrogen-bond acceptors (Lipinski definition) is 3. The second-order valence-corrected chi connectivity index (χ2v) is 4.76. The van der Waals surface area contributed by atoms with E-state index in [0.29, 0.717) is 11.1 Å². The fraction of sp³-hybridized carbons (Fsp3) is 0.231. The van der Waals surface area contributed by atoms with Gasteiger partial charge >= 0.3 is 0 Å². The highest BCUT2D eigenvalue weighted by molar-refractivity contribution is 7.08. The molecule has 0 unspecified atom stereocenters.